The first-order valence-electron chi connectivity index (χ1n) is 3.54. The second-order valence-corrected chi connectivity index (χ2v) is 4.60. The number of rotatable bonds is 1. The summed E-state index contributed by atoms with van der Waals surface area (Å²) >= 11 is 1.55. The zero-order valence-electron chi connectivity index (χ0n) is 6.48. The minimum atomic E-state index is 0.702. The molecule has 0 spiro atoms. The van der Waals surface area contributed by atoms with Gasteiger partial charge >= 0.3 is 73.2 Å². The molecule has 0 unspecified atom stereocenters. The van der Waals surface area contributed by atoms with E-state index in [0.29, 0.717) is 5.92 Å². The second-order valence-electron chi connectivity index (χ2n) is 3.02. The van der Waals surface area contributed by atoms with E-state index in [0.717, 1.165) is 6.42 Å². The van der Waals surface area contributed by atoms with Crippen LogP contribution in [0, 0.1) is 5.92 Å². The summed E-state index contributed by atoms with van der Waals surface area (Å²) in [5, 5.41) is 0. The van der Waals surface area contributed by atoms with Crippen molar-refractivity contribution in [1.29, 1.82) is 0 Å². The molecule has 0 atom stereocenters. The quantitative estimate of drug-likeness (QED) is 0.697. The molecule has 0 aromatic heterocycles. The molecular formula is C9H12W. The van der Waals surface area contributed by atoms with E-state index < -0.39 is 0 Å². The van der Waals surface area contributed by atoms with E-state index in [9.17, 15) is 0 Å². The zero-order valence-corrected chi connectivity index (χ0v) is 9.41. The van der Waals surface area contributed by atoms with Gasteiger partial charge in [0.15, 0.2) is 0 Å². The Bertz CT molecular complexity index is 209. The van der Waals surface area contributed by atoms with Gasteiger partial charge in [-0.05, 0) is 0 Å². The molecule has 0 fully saturated rings. The predicted octanol–water partition coefficient (Wildman–Crippen LogP) is 2.25. The Morgan fingerprint density at radius 2 is 2.20 bits per heavy atom. The van der Waals surface area contributed by atoms with Gasteiger partial charge in [-0.25, -0.2) is 0 Å². The SMILES string of the molecule is C=C1CC(C(C)C)=C[C]1=[W]. The van der Waals surface area contributed by atoms with E-state index in [2.05, 4.69) is 26.5 Å². The Kier molecular flexibility index (Phi) is 2.41. The summed E-state index contributed by atoms with van der Waals surface area (Å²) in [6.45, 7) is 8.49. The summed E-state index contributed by atoms with van der Waals surface area (Å²) in [6.07, 6.45) is 3.43. The zero-order chi connectivity index (χ0) is 7.72. The van der Waals surface area contributed by atoms with Gasteiger partial charge in [0, 0.05) is 0 Å². The molecule has 54 valence electrons. The third-order valence-corrected chi connectivity index (χ3v) is 3.28. The molecule has 0 saturated heterocycles. The topological polar surface area (TPSA) is 0 Å². The average molecular weight is 304 g/mol. The summed E-state index contributed by atoms with van der Waals surface area (Å²) in [5.74, 6) is 0.702. The van der Waals surface area contributed by atoms with Crippen LogP contribution in [0.5, 0.6) is 0 Å². The molecule has 1 aliphatic carbocycles. The molecule has 0 saturated carbocycles. The summed E-state index contributed by atoms with van der Waals surface area (Å²) in [6, 6.07) is 0. The van der Waals surface area contributed by atoms with Crippen LogP contribution in [0.25, 0.3) is 0 Å². The van der Waals surface area contributed by atoms with Crippen LogP contribution in [0.4, 0.5) is 0 Å². The van der Waals surface area contributed by atoms with Crippen molar-refractivity contribution in [2.24, 2.45) is 5.92 Å². The molecule has 0 bridgehead atoms. The van der Waals surface area contributed by atoms with Crippen LogP contribution in [0.2, 0.25) is 0 Å². The first kappa shape index (κ1) is 8.14. The maximum atomic E-state index is 4.00. The van der Waals surface area contributed by atoms with E-state index in [1.54, 1.807) is 24.9 Å². The van der Waals surface area contributed by atoms with Crippen molar-refractivity contribution in [1.82, 2.24) is 0 Å². The van der Waals surface area contributed by atoms with Gasteiger partial charge in [-0.1, -0.05) is 0 Å². The molecule has 10 heavy (non-hydrogen) atoms. The van der Waals surface area contributed by atoms with E-state index in [-0.39, 0.29) is 0 Å². The number of allylic oxidation sites excluding steroid dienone is 3. The Hall–Kier alpha value is 0.0383. The Morgan fingerprint density at radius 3 is 2.40 bits per heavy atom. The van der Waals surface area contributed by atoms with Crippen molar-refractivity contribution in [2.75, 3.05) is 0 Å². The van der Waals surface area contributed by atoms with Crippen molar-refractivity contribution >= 4 is 3.90 Å². The molecule has 0 aromatic rings. The molecule has 0 radical (unpaired) electrons. The summed E-state index contributed by atoms with van der Waals surface area (Å²) in [7, 11) is 0. The van der Waals surface area contributed by atoms with E-state index in [1.807, 2.05) is 0 Å². The molecule has 1 aliphatic rings. The van der Waals surface area contributed by atoms with Crippen LogP contribution in [-0.2, 0) is 19.4 Å². The van der Waals surface area contributed by atoms with Gasteiger partial charge in [0.2, 0.25) is 0 Å². The van der Waals surface area contributed by atoms with Crippen LogP contribution >= 0.6 is 0 Å². The molecule has 0 aromatic carbocycles. The van der Waals surface area contributed by atoms with Crippen LogP contribution < -0.4 is 0 Å². The monoisotopic (exact) mass is 304 g/mol. The average Bonchev–Trinajstić information content (AvgIpc) is 2.13. The van der Waals surface area contributed by atoms with Gasteiger partial charge in [-0.2, -0.15) is 0 Å². The first-order chi connectivity index (χ1) is 4.61. The Balaban J connectivity index is 2.77. The summed E-state index contributed by atoms with van der Waals surface area (Å²) in [4.78, 5) is 0. The fourth-order valence-electron chi connectivity index (χ4n) is 1.03. The number of hydrogen-bond donors (Lipinski definition) is 0. The fraction of sp³-hybridized carbons (Fsp3) is 0.444. The van der Waals surface area contributed by atoms with Crippen molar-refractivity contribution < 1.29 is 19.4 Å². The van der Waals surface area contributed by atoms with Crippen molar-refractivity contribution in [3.63, 3.8) is 0 Å². The van der Waals surface area contributed by atoms with Gasteiger partial charge in [-0.3, -0.25) is 0 Å². The van der Waals surface area contributed by atoms with E-state index >= 15 is 0 Å². The van der Waals surface area contributed by atoms with Crippen molar-refractivity contribution in [3.05, 3.63) is 23.8 Å². The van der Waals surface area contributed by atoms with Crippen LogP contribution in [0.3, 0.4) is 0 Å². The van der Waals surface area contributed by atoms with Crippen LogP contribution in [0.15, 0.2) is 23.8 Å². The molecule has 0 nitrogen and oxygen atoms in total. The van der Waals surface area contributed by atoms with Gasteiger partial charge < -0.3 is 0 Å². The molecular weight excluding hydrogens is 292 g/mol. The van der Waals surface area contributed by atoms with Crippen molar-refractivity contribution in [2.45, 2.75) is 20.3 Å². The van der Waals surface area contributed by atoms with Crippen LogP contribution in [0.1, 0.15) is 20.3 Å². The third-order valence-electron chi connectivity index (χ3n) is 1.82. The van der Waals surface area contributed by atoms with Crippen LogP contribution in [-0.4, -0.2) is 3.90 Å². The first-order valence-corrected chi connectivity index (χ1v) is 5.00. The summed E-state index contributed by atoms with van der Waals surface area (Å²) < 4.78 is 1.45. The summed E-state index contributed by atoms with van der Waals surface area (Å²) in [5.41, 5.74) is 2.88. The molecule has 0 amide bonds. The molecule has 0 heterocycles. The normalized spacial score (nSPS) is 18.5. The minimum absolute atomic E-state index is 0.702. The Morgan fingerprint density at radius 1 is 1.60 bits per heavy atom. The van der Waals surface area contributed by atoms with Gasteiger partial charge in [0.05, 0.1) is 0 Å². The van der Waals surface area contributed by atoms with Crippen molar-refractivity contribution in [3.8, 4) is 0 Å². The number of hydrogen-bond acceptors (Lipinski definition) is 0. The molecule has 1 heteroatoms. The maximum absolute atomic E-state index is 4.00. The molecule has 1 rings (SSSR count). The van der Waals surface area contributed by atoms with E-state index in [1.165, 1.54) is 9.47 Å². The van der Waals surface area contributed by atoms with Gasteiger partial charge in [0.1, 0.15) is 0 Å². The Labute approximate surface area is 73.4 Å². The molecule has 0 aliphatic heterocycles. The standard InChI is InChI=1S/C9H12.W/c1-7(2)9-5-4-8(3)6-9;/h5,7H,3,6H2,1-2H3;. The second kappa shape index (κ2) is 2.96. The van der Waals surface area contributed by atoms with Gasteiger partial charge in [-0.15, -0.1) is 0 Å². The van der Waals surface area contributed by atoms with Gasteiger partial charge in [0.25, 0.3) is 0 Å². The van der Waals surface area contributed by atoms with E-state index in [4.69, 9.17) is 0 Å². The predicted molar refractivity (Wildman–Crippen MR) is 41.7 cm³/mol. The third kappa shape index (κ3) is 1.55. The molecule has 0 N–H and O–H groups in total. The fourth-order valence-corrected chi connectivity index (χ4v) is 1.83.